The Bertz CT molecular complexity index is 644. The highest BCUT2D eigenvalue weighted by atomic mass is 16.3. The third-order valence-corrected chi connectivity index (χ3v) is 7.29. The quantitative estimate of drug-likeness (QED) is 0.0933. The summed E-state index contributed by atoms with van der Waals surface area (Å²) >= 11 is 0. The third-order valence-electron chi connectivity index (χ3n) is 7.29. The molecular weight excluding hydrogens is 460 g/mol. The monoisotopic (exact) mass is 518 g/mol. The minimum absolute atomic E-state index is 0.214. The van der Waals surface area contributed by atoms with Gasteiger partial charge < -0.3 is 20.4 Å². The third kappa shape index (κ3) is 17.5. The van der Waals surface area contributed by atoms with Gasteiger partial charge in [-0.05, 0) is 31.5 Å². The molecular formula is C32H58N2O3. The van der Waals surface area contributed by atoms with E-state index in [4.69, 9.17) is 0 Å². The van der Waals surface area contributed by atoms with Crippen LogP contribution in [0.1, 0.15) is 129 Å². The molecule has 2 atom stereocenters. The van der Waals surface area contributed by atoms with Gasteiger partial charge in [0.15, 0.2) is 0 Å². The standard InChI is InChI=1S/C32H58N2O3/c1-3-5-7-9-11-12-13-14-15-16-17-18-20-24-31(36)30(28-35)33-32(37)29-23-22-26-34(27-29)25-21-19-10-8-6-4-2/h20,22-24,26,30-31,35-36H,3-19,21,25,27-28H2,1-2H3,(H,33,37)/b24-20+/t30-,31+/m0/s1. The molecule has 1 heterocycles. The molecule has 5 heteroatoms. The lowest BCUT2D eigenvalue weighted by Crippen LogP contribution is -2.46. The van der Waals surface area contributed by atoms with Gasteiger partial charge >= 0.3 is 0 Å². The molecule has 1 aliphatic rings. The second kappa shape index (κ2) is 23.5. The molecule has 0 unspecified atom stereocenters. The van der Waals surface area contributed by atoms with E-state index in [0.717, 1.165) is 25.8 Å². The van der Waals surface area contributed by atoms with Crippen molar-refractivity contribution in [2.24, 2.45) is 0 Å². The Balaban J connectivity index is 2.19. The highest BCUT2D eigenvalue weighted by Crippen LogP contribution is 2.13. The summed E-state index contributed by atoms with van der Waals surface area (Å²) in [6.07, 6.45) is 31.5. The molecule has 214 valence electrons. The summed E-state index contributed by atoms with van der Waals surface area (Å²) in [5.74, 6) is -0.214. The summed E-state index contributed by atoms with van der Waals surface area (Å²) in [6.45, 7) is 5.72. The number of nitrogens with one attached hydrogen (secondary N) is 1. The Hall–Kier alpha value is -1.59. The molecule has 37 heavy (non-hydrogen) atoms. The van der Waals surface area contributed by atoms with E-state index >= 15 is 0 Å². The van der Waals surface area contributed by atoms with Crippen molar-refractivity contribution < 1.29 is 15.0 Å². The van der Waals surface area contributed by atoms with E-state index in [9.17, 15) is 15.0 Å². The number of rotatable bonds is 24. The number of aliphatic hydroxyl groups is 2. The average Bonchev–Trinajstić information content (AvgIpc) is 2.91. The van der Waals surface area contributed by atoms with Crippen molar-refractivity contribution in [2.45, 2.75) is 142 Å². The summed E-state index contributed by atoms with van der Waals surface area (Å²) in [6, 6.07) is -0.695. The number of carbonyl (C=O) groups is 1. The van der Waals surface area contributed by atoms with E-state index in [1.165, 1.54) is 96.3 Å². The van der Waals surface area contributed by atoms with E-state index in [2.05, 4.69) is 24.1 Å². The van der Waals surface area contributed by atoms with Gasteiger partial charge in [-0.15, -0.1) is 0 Å². The van der Waals surface area contributed by atoms with Gasteiger partial charge in [-0.1, -0.05) is 128 Å². The largest absolute Gasteiger partial charge is 0.394 e. The number of aliphatic hydroxyl groups excluding tert-OH is 2. The topological polar surface area (TPSA) is 72.8 Å². The Labute approximate surface area is 228 Å². The van der Waals surface area contributed by atoms with Crippen LogP contribution in [0, 0.1) is 0 Å². The van der Waals surface area contributed by atoms with E-state index in [1.54, 1.807) is 6.08 Å². The SMILES string of the molecule is CCCCCCCCCCCCC/C=C/[C@@H](O)[C@H](CO)NC(=O)C1=CC=CN(CCCCCCCC)C1. The summed E-state index contributed by atoms with van der Waals surface area (Å²) in [7, 11) is 0. The molecule has 0 bridgehead atoms. The van der Waals surface area contributed by atoms with Crippen molar-refractivity contribution in [3.05, 3.63) is 36.1 Å². The number of allylic oxidation sites excluding steroid dienone is 3. The zero-order valence-corrected chi connectivity index (χ0v) is 24.1. The van der Waals surface area contributed by atoms with Crippen LogP contribution in [0.4, 0.5) is 0 Å². The van der Waals surface area contributed by atoms with Gasteiger partial charge in [0.25, 0.3) is 0 Å². The van der Waals surface area contributed by atoms with Crippen molar-refractivity contribution in [1.29, 1.82) is 0 Å². The molecule has 1 aliphatic heterocycles. The van der Waals surface area contributed by atoms with Gasteiger partial charge in [0.05, 0.1) is 18.8 Å². The molecule has 3 N–H and O–H groups in total. The Morgan fingerprint density at radius 3 is 2.00 bits per heavy atom. The minimum Gasteiger partial charge on any atom is -0.394 e. The molecule has 5 nitrogen and oxygen atoms in total. The van der Waals surface area contributed by atoms with Crippen LogP contribution in [0.5, 0.6) is 0 Å². The summed E-state index contributed by atoms with van der Waals surface area (Å²) < 4.78 is 0. The first kappa shape index (κ1) is 33.4. The van der Waals surface area contributed by atoms with Gasteiger partial charge in [-0.3, -0.25) is 4.79 Å². The summed E-state index contributed by atoms with van der Waals surface area (Å²) in [5.41, 5.74) is 0.670. The molecule has 0 spiro atoms. The molecule has 0 saturated heterocycles. The summed E-state index contributed by atoms with van der Waals surface area (Å²) in [4.78, 5) is 14.9. The first-order valence-corrected chi connectivity index (χ1v) is 15.5. The predicted molar refractivity (Wildman–Crippen MR) is 157 cm³/mol. The van der Waals surface area contributed by atoms with Crippen molar-refractivity contribution in [3.8, 4) is 0 Å². The summed E-state index contributed by atoms with van der Waals surface area (Å²) in [5, 5.41) is 23.1. The molecule has 0 radical (unpaired) electrons. The predicted octanol–water partition coefficient (Wildman–Crippen LogP) is 7.20. The van der Waals surface area contributed by atoms with Crippen molar-refractivity contribution in [1.82, 2.24) is 10.2 Å². The molecule has 0 aromatic carbocycles. The van der Waals surface area contributed by atoms with E-state index < -0.39 is 12.1 Å². The fraction of sp³-hybridized carbons (Fsp3) is 0.781. The van der Waals surface area contributed by atoms with Gasteiger partial charge in [-0.2, -0.15) is 0 Å². The molecule has 0 aromatic heterocycles. The normalized spacial score (nSPS) is 15.2. The van der Waals surface area contributed by atoms with Crippen molar-refractivity contribution in [2.75, 3.05) is 19.7 Å². The van der Waals surface area contributed by atoms with Gasteiger partial charge in [0.1, 0.15) is 0 Å². The highest BCUT2D eigenvalue weighted by Gasteiger charge is 2.21. The van der Waals surface area contributed by atoms with Crippen LogP contribution in [-0.4, -0.2) is 52.9 Å². The van der Waals surface area contributed by atoms with Gasteiger partial charge in [0, 0.05) is 18.7 Å². The van der Waals surface area contributed by atoms with E-state index in [0.29, 0.717) is 12.1 Å². The fourth-order valence-electron chi connectivity index (χ4n) is 4.80. The van der Waals surface area contributed by atoms with Crippen LogP contribution in [0.25, 0.3) is 0 Å². The van der Waals surface area contributed by atoms with E-state index in [1.807, 2.05) is 24.4 Å². The number of unbranched alkanes of at least 4 members (excludes halogenated alkanes) is 16. The lowest BCUT2D eigenvalue weighted by atomic mass is 10.0. The Morgan fingerprint density at radius 1 is 0.892 bits per heavy atom. The molecule has 0 saturated carbocycles. The van der Waals surface area contributed by atoms with E-state index in [-0.39, 0.29) is 12.5 Å². The van der Waals surface area contributed by atoms with Crippen LogP contribution in [0.15, 0.2) is 36.1 Å². The molecule has 0 aliphatic carbocycles. The van der Waals surface area contributed by atoms with Crippen LogP contribution < -0.4 is 5.32 Å². The molecule has 0 aromatic rings. The molecule has 0 fully saturated rings. The van der Waals surface area contributed by atoms with Crippen LogP contribution >= 0.6 is 0 Å². The number of hydrogen-bond acceptors (Lipinski definition) is 4. The first-order valence-electron chi connectivity index (χ1n) is 15.5. The maximum absolute atomic E-state index is 12.8. The maximum atomic E-state index is 12.8. The number of hydrogen-bond donors (Lipinski definition) is 3. The lowest BCUT2D eigenvalue weighted by molar-refractivity contribution is -0.119. The van der Waals surface area contributed by atoms with Crippen molar-refractivity contribution in [3.63, 3.8) is 0 Å². The zero-order chi connectivity index (χ0) is 27.0. The molecule has 1 rings (SSSR count). The van der Waals surface area contributed by atoms with Crippen LogP contribution in [0.2, 0.25) is 0 Å². The maximum Gasteiger partial charge on any atom is 0.249 e. The highest BCUT2D eigenvalue weighted by molar-refractivity contribution is 5.94. The zero-order valence-electron chi connectivity index (χ0n) is 24.1. The van der Waals surface area contributed by atoms with Crippen molar-refractivity contribution >= 4 is 5.91 Å². The Kier molecular flexibility index (Phi) is 21.3. The Morgan fingerprint density at radius 2 is 1.43 bits per heavy atom. The first-order chi connectivity index (χ1) is 18.1. The van der Waals surface area contributed by atoms with Gasteiger partial charge in [0.2, 0.25) is 5.91 Å². The fourth-order valence-corrected chi connectivity index (χ4v) is 4.80. The number of amides is 1. The smallest absolute Gasteiger partial charge is 0.249 e. The average molecular weight is 519 g/mol. The number of carbonyl (C=O) groups excluding carboxylic acids is 1. The minimum atomic E-state index is -0.888. The lowest BCUT2D eigenvalue weighted by Gasteiger charge is -2.26. The van der Waals surface area contributed by atoms with Crippen LogP contribution in [0.3, 0.4) is 0 Å². The molecule has 1 amide bonds. The van der Waals surface area contributed by atoms with Crippen LogP contribution in [-0.2, 0) is 4.79 Å². The second-order valence-electron chi connectivity index (χ2n) is 10.8. The number of nitrogens with zero attached hydrogens (tertiary/aromatic N) is 1. The van der Waals surface area contributed by atoms with Gasteiger partial charge in [-0.25, -0.2) is 0 Å². The second-order valence-corrected chi connectivity index (χ2v) is 10.8.